The minimum Gasteiger partial charge on any atom is -0.496 e. The molecule has 3 heteroatoms. The van der Waals surface area contributed by atoms with Crippen LogP contribution in [0.5, 0.6) is 11.5 Å². The molecule has 0 amide bonds. The molecule has 1 N–H and O–H groups in total. The highest BCUT2D eigenvalue weighted by molar-refractivity contribution is 5.77. The van der Waals surface area contributed by atoms with E-state index in [0.29, 0.717) is 11.5 Å². The molecule has 0 bridgehead atoms. The monoisotopic (exact) mass is 257 g/mol. The maximum atomic E-state index is 9.26. The molecule has 2 aromatic rings. The Morgan fingerprint density at radius 1 is 1.00 bits per heavy atom. The molecule has 0 saturated carbocycles. The average molecular weight is 257 g/mol. The van der Waals surface area contributed by atoms with Crippen LogP contribution in [0.25, 0.3) is 11.1 Å². The first-order valence-corrected chi connectivity index (χ1v) is 5.97. The second-order valence-electron chi connectivity index (χ2n) is 4.23. The Bertz CT molecular complexity index is 534. The molecule has 0 unspecified atom stereocenters. The van der Waals surface area contributed by atoms with Crippen LogP contribution < -0.4 is 9.47 Å². The fraction of sp³-hybridized carbons (Fsp3) is 0.188. The van der Waals surface area contributed by atoms with Gasteiger partial charge in [-0.3, -0.25) is 0 Å². The highest BCUT2D eigenvalue weighted by atomic mass is 16.5. The molecular weight excluding hydrogens is 240 g/mol. The number of aliphatic hydroxyl groups excluding tert-OH is 1. The van der Waals surface area contributed by atoms with Gasteiger partial charge in [0, 0.05) is 0 Å². The number of benzene rings is 2. The summed E-state index contributed by atoms with van der Waals surface area (Å²) in [4.78, 5) is 0. The van der Waals surface area contributed by atoms with Gasteiger partial charge in [0.1, 0.15) is 11.5 Å². The van der Waals surface area contributed by atoms with E-state index < -0.39 is 0 Å². The van der Waals surface area contributed by atoms with E-state index in [1.54, 1.807) is 14.2 Å². The fourth-order valence-corrected chi connectivity index (χ4v) is 2.01. The summed E-state index contributed by atoms with van der Waals surface area (Å²) in [6.07, 6.45) is 0. The van der Waals surface area contributed by atoms with Crippen LogP contribution in [0.4, 0.5) is 0 Å². The van der Waals surface area contributed by atoms with E-state index in [9.17, 15) is 5.11 Å². The zero-order chi connectivity index (χ0) is 13.8. The van der Waals surface area contributed by atoms with Crippen LogP contribution >= 0.6 is 0 Å². The van der Waals surface area contributed by atoms with Gasteiger partial charge in [-0.05, 0) is 35.7 Å². The van der Waals surface area contributed by atoms with Crippen LogP contribution in [0.15, 0.2) is 36.4 Å². The third-order valence-corrected chi connectivity index (χ3v) is 2.99. The highest BCUT2D eigenvalue weighted by Crippen LogP contribution is 2.39. The number of aliphatic hydroxyl groups is 1. The van der Waals surface area contributed by atoms with Gasteiger partial charge in [-0.2, -0.15) is 0 Å². The lowest BCUT2D eigenvalue weighted by atomic mass is 10.00. The van der Waals surface area contributed by atoms with Gasteiger partial charge in [0.05, 0.1) is 26.4 Å². The van der Waals surface area contributed by atoms with E-state index in [1.807, 2.05) is 36.4 Å². The summed E-state index contributed by atoms with van der Waals surface area (Å²) in [6, 6.07) is 11.5. The molecular formula is C16H17O3. The number of ether oxygens (including phenoxy) is 2. The van der Waals surface area contributed by atoms with Crippen molar-refractivity contribution in [2.75, 3.05) is 14.2 Å². The van der Waals surface area contributed by atoms with E-state index in [0.717, 1.165) is 22.3 Å². The van der Waals surface area contributed by atoms with E-state index in [1.165, 1.54) is 0 Å². The van der Waals surface area contributed by atoms with Crippen molar-refractivity contribution in [3.8, 4) is 22.6 Å². The third kappa shape index (κ3) is 2.71. The molecule has 0 aromatic heterocycles. The van der Waals surface area contributed by atoms with Crippen molar-refractivity contribution in [2.24, 2.45) is 0 Å². The van der Waals surface area contributed by atoms with Crippen molar-refractivity contribution in [1.82, 2.24) is 0 Å². The van der Waals surface area contributed by atoms with Gasteiger partial charge >= 0.3 is 0 Å². The summed E-state index contributed by atoms with van der Waals surface area (Å²) < 4.78 is 10.8. The van der Waals surface area contributed by atoms with Crippen molar-refractivity contribution in [2.45, 2.75) is 6.61 Å². The lowest BCUT2D eigenvalue weighted by Gasteiger charge is -2.15. The van der Waals surface area contributed by atoms with Crippen LogP contribution in [0.2, 0.25) is 0 Å². The SMILES string of the molecule is [CH2]c1ccc(-c2c(OC)cc(CO)cc2OC)cc1. The zero-order valence-electron chi connectivity index (χ0n) is 11.1. The van der Waals surface area contributed by atoms with Gasteiger partial charge in [0.25, 0.3) is 0 Å². The Balaban J connectivity index is 2.63. The summed E-state index contributed by atoms with van der Waals surface area (Å²) in [5.74, 6) is 1.36. The first-order valence-electron chi connectivity index (χ1n) is 5.97. The topological polar surface area (TPSA) is 38.7 Å². The fourth-order valence-electron chi connectivity index (χ4n) is 2.01. The quantitative estimate of drug-likeness (QED) is 0.915. The average Bonchev–Trinajstić information content (AvgIpc) is 2.46. The van der Waals surface area contributed by atoms with E-state index >= 15 is 0 Å². The van der Waals surface area contributed by atoms with E-state index in [4.69, 9.17) is 9.47 Å². The summed E-state index contributed by atoms with van der Waals surface area (Å²) in [5.41, 5.74) is 3.58. The van der Waals surface area contributed by atoms with E-state index in [-0.39, 0.29) is 6.61 Å². The van der Waals surface area contributed by atoms with Gasteiger partial charge in [-0.15, -0.1) is 0 Å². The van der Waals surface area contributed by atoms with Gasteiger partial charge in [-0.25, -0.2) is 0 Å². The molecule has 2 rings (SSSR count). The van der Waals surface area contributed by atoms with Gasteiger partial charge in [0.15, 0.2) is 0 Å². The van der Waals surface area contributed by atoms with E-state index in [2.05, 4.69) is 6.92 Å². The predicted octanol–water partition coefficient (Wildman–Crippen LogP) is 3.05. The molecule has 2 aromatic carbocycles. The largest absolute Gasteiger partial charge is 0.496 e. The summed E-state index contributed by atoms with van der Waals surface area (Å²) >= 11 is 0. The number of hydrogen-bond donors (Lipinski definition) is 1. The van der Waals surface area contributed by atoms with Crippen molar-refractivity contribution >= 4 is 0 Å². The molecule has 0 aliphatic rings. The first-order chi connectivity index (χ1) is 9.19. The Hall–Kier alpha value is -2.00. The second-order valence-corrected chi connectivity index (χ2v) is 4.23. The number of methoxy groups -OCH3 is 2. The smallest absolute Gasteiger partial charge is 0.130 e. The molecule has 3 nitrogen and oxygen atoms in total. The van der Waals surface area contributed by atoms with Crippen molar-refractivity contribution in [1.29, 1.82) is 0 Å². The minimum absolute atomic E-state index is 0.0508. The second kappa shape index (κ2) is 5.76. The van der Waals surface area contributed by atoms with Crippen LogP contribution in [0.3, 0.4) is 0 Å². The van der Waals surface area contributed by atoms with Crippen LogP contribution in [-0.2, 0) is 6.61 Å². The van der Waals surface area contributed by atoms with Crippen LogP contribution in [0.1, 0.15) is 11.1 Å². The summed E-state index contributed by atoms with van der Waals surface area (Å²) in [7, 11) is 3.21. The molecule has 0 heterocycles. The van der Waals surface area contributed by atoms with Gasteiger partial charge in [-0.1, -0.05) is 24.3 Å². The normalized spacial score (nSPS) is 10.3. The summed E-state index contributed by atoms with van der Waals surface area (Å²) in [5, 5.41) is 9.26. The third-order valence-electron chi connectivity index (χ3n) is 2.99. The molecule has 0 saturated heterocycles. The molecule has 1 radical (unpaired) electrons. The zero-order valence-corrected chi connectivity index (χ0v) is 11.1. The maximum absolute atomic E-state index is 9.26. The first kappa shape index (κ1) is 13.4. The Morgan fingerprint density at radius 3 is 1.95 bits per heavy atom. The molecule has 19 heavy (non-hydrogen) atoms. The Morgan fingerprint density at radius 2 is 1.53 bits per heavy atom. The lowest BCUT2D eigenvalue weighted by Crippen LogP contribution is -1.96. The predicted molar refractivity (Wildman–Crippen MR) is 75.4 cm³/mol. The molecule has 0 aliphatic carbocycles. The number of hydrogen-bond acceptors (Lipinski definition) is 3. The minimum atomic E-state index is -0.0508. The molecule has 0 atom stereocenters. The molecule has 0 aliphatic heterocycles. The standard InChI is InChI=1S/C16H17O3/c1-11-4-6-13(7-5-11)16-14(18-2)8-12(10-17)9-15(16)19-3/h4-9,17H,1,10H2,2-3H3. The molecule has 0 fully saturated rings. The Kier molecular flexibility index (Phi) is 4.07. The molecule has 0 spiro atoms. The lowest BCUT2D eigenvalue weighted by molar-refractivity contribution is 0.280. The maximum Gasteiger partial charge on any atom is 0.130 e. The molecule has 99 valence electrons. The van der Waals surface area contributed by atoms with Crippen LogP contribution in [0, 0.1) is 6.92 Å². The van der Waals surface area contributed by atoms with Gasteiger partial charge < -0.3 is 14.6 Å². The van der Waals surface area contributed by atoms with Crippen molar-refractivity contribution in [3.63, 3.8) is 0 Å². The number of rotatable bonds is 4. The van der Waals surface area contributed by atoms with Crippen molar-refractivity contribution in [3.05, 3.63) is 54.4 Å². The van der Waals surface area contributed by atoms with Gasteiger partial charge in [0.2, 0.25) is 0 Å². The van der Waals surface area contributed by atoms with Crippen LogP contribution in [-0.4, -0.2) is 19.3 Å². The summed E-state index contributed by atoms with van der Waals surface area (Å²) in [6.45, 7) is 3.82. The highest BCUT2D eigenvalue weighted by Gasteiger charge is 2.14. The van der Waals surface area contributed by atoms with Crippen molar-refractivity contribution < 1.29 is 14.6 Å². The Labute approximate surface area is 113 Å².